The van der Waals surface area contributed by atoms with E-state index < -0.39 is 16.1 Å². The van der Waals surface area contributed by atoms with Crippen molar-refractivity contribution in [2.75, 3.05) is 18.7 Å². The maximum Gasteiger partial charge on any atom is 0.244 e. The Morgan fingerprint density at radius 3 is 2.50 bits per heavy atom. The van der Waals surface area contributed by atoms with Crippen LogP contribution < -0.4 is 0 Å². The minimum absolute atomic E-state index is 0.0804. The van der Waals surface area contributed by atoms with Crippen LogP contribution in [0.2, 0.25) is 0 Å². The first-order valence-corrected chi connectivity index (χ1v) is 9.93. The Kier molecular flexibility index (Phi) is 4.22. The van der Waals surface area contributed by atoms with Gasteiger partial charge >= 0.3 is 0 Å². The summed E-state index contributed by atoms with van der Waals surface area (Å²) in [5, 5.41) is 0. The van der Waals surface area contributed by atoms with Crippen LogP contribution in [0.25, 0.3) is 0 Å². The zero-order valence-electron chi connectivity index (χ0n) is 12.7. The van der Waals surface area contributed by atoms with E-state index in [1.165, 1.54) is 16.1 Å². The zero-order chi connectivity index (χ0) is 15.9. The molecule has 22 heavy (non-hydrogen) atoms. The molecule has 5 nitrogen and oxygen atoms in total. The molecule has 0 radical (unpaired) electrons. The first kappa shape index (κ1) is 15.8. The summed E-state index contributed by atoms with van der Waals surface area (Å²) in [6.45, 7) is 1.92. The minimum atomic E-state index is -3.62. The number of rotatable bonds is 4. The fourth-order valence-corrected chi connectivity index (χ4v) is 5.72. The highest BCUT2D eigenvalue weighted by molar-refractivity contribution is 8.00. The lowest BCUT2D eigenvalue weighted by Gasteiger charge is -2.26. The van der Waals surface area contributed by atoms with Crippen molar-refractivity contribution in [1.82, 2.24) is 9.21 Å². The average molecular weight is 340 g/mol. The molecule has 0 unspecified atom stereocenters. The first-order valence-electron chi connectivity index (χ1n) is 7.34. The largest absolute Gasteiger partial charge is 0.341 e. The van der Waals surface area contributed by atoms with E-state index in [-0.39, 0.29) is 10.8 Å². The van der Waals surface area contributed by atoms with Gasteiger partial charge in [0.05, 0.1) is 10.8 Å². The second kappa shape index (κ2) is 5.86. The van der Waals surface area contributed by atoms with Crippen LogP contribution in [0.3, 0.4) is 0 Å². The van der Waals surface area contributed by atoms with Crippen LogP contribution in [0.4, 0.5) is 0 Å². The van der Waals surface area contributed by atoms with Crippen LogP contribution in [-0.2, 0) is 14.8 Å². The molecular weight excluding hydrogens is 320 g/mol. The van der Waals surface area contributed by atoms with Gasteiger partial charge in [0.15, 0.2) is 0 Å². The second-order valence-corrected chi connectivity index (χ2v) is 8.79. The molecule has 0 spiro atoms. The third kappa shape index (κ3) is 2.89. The molecule has 1 heterocycles. The molecule has 2 fully saturated rings. The predicted molar refractivity (Wildman–Crippen MR) is 87.1 cm³/mol. The Bertz CT molecular complexity index is 669. The van der Waals surface area contributed by atoms with Gasteiger partial charge in [0.1, 0.15) is 6.04 Å². The highest BCUT2D eigenvalue weighted by atomic mass is 32.2. The van der Waals surface area contributed by atoms with Crippen LogP contribution in [0.15, 0.2) is 29.2 Å². The van der Waals surface area contributed by atoms with Gasteiger partial charge in [-0.05, 0) is 31.9 Å². The quantitative estimate of drug-likeness (QED) is 0.837. The molecule has 1 amide bonds. The van der Waals surface area contributed by atoms with Crippen molar-refractivity contribution in [1.29, 1.82) is 0 Å². The summed E-state index contributed by atoms with van der Waals surface area (Å²) in [5.74, 6) is 0.787. The van der Waals surface area contributed by atoms with Crippen molar-refractivity contribution in [3.8, 4) is 0 Å². The Morgan fingerprint density at radius 2 is 1.91 bits per heavy atom. The molecule has 7 heteroatoms. The molecule has 0 aromatic heterocycles. The van der Waals surface area contributed by atoms with Gasteiger partial charge in [-0.1, -0.05) is 17.7 Å². The number of amides is 1. The van der Waals surface area contributed by atoms with E-state index in [1.54, 1.807) is 36.2 Å². The maximum atomic E-state index is 12.8. The van der Waals surface area contributed by atoms with Crippen LogP contribution in [-0.4, -0.2) is 54.3 Å². The molecule has 1 saturated carbocycles. The van der Waals surface area contributed by atoms with E-state index in [1.807, 2.05) is 6.92 Å². The number of likely N-dealkylation sites (N-methyl/N-ethyl adjacent to an activating group) is 1. The van der Waals surface area contributed by atoms with Crippen LogP contribution in [0.1, 0.15) is 18.4 Å². The molecule has 1 aliphatic carbocycles. The van der Waals surface area contributed by atoms with E-state index in [0.29, 0.717) is 17.7 Å². The summed E-state index contributed by atoms with van der Waals surface area (Å²) < 4.78 is 27.0. The number of hydrogen-bond donors (Lipinski definition) is 0. The molecule has 1 aliphatic heterocycles. The summed E-state index contributed by atoms with van der Waals surface area (Å²) in [7, 11) is -1.85. The Hall–Kier alpha value is -1.05. The molecule has 1 saturated heterocycles. The van der Waals surface area contributed by atoms with Crippen LogP contribution in [0, 0.1) is 6.92 Å². The highest BCUT2D eigenvalue weighted by Crippen LogP contribution is 2.32. The zero-order valence-corrected chi connectivity index (χ0v) is 14.4. The Labute approximate surface area is 135 Å². The van der Waals surface area contributed by atoms with Gasteiger partial charge in [-0.25, -0.2) is 8.42 Å². The van der Waals surface area contributed by atoms with E-state index in [2.05, 4.69) is 0 Å². The van der Waals surface area contributed by atoms with Crippen molar-refractivity contribution in [2.24, 2.45) is 0 Å². The summed E-state index contributed by atoms with van der Waals surface area (Å²) >= 11 is 1.49. The van der Waals surface area contributed by atoms with Gasteiger partial charge < -0.3 is 4.90 Å². The fourth-order valence-electron chi connectivity index (χ4n) is 2.58. The SMILES string of the molecule is Cc1ccc(S(=O)(=O)N2CSC[C@H]2C(=O)N(C)C2CC2)cc1. The maximum absolute atomic E-state index is 12.8. The smallest absolute Gasteiger partial charge is 0.244 e. The van der Waals surface area contributed by atoms with Crippen molar-refractivity contribution in [2.45, 2.75) is 36.7 Å². The van der Waals surface area contributed by atoms with Gasteiger partial charge in [-0.15, -0.1) is 11.8 Å². The average Bonchev–Trinajstić information content (AvgIpc) is 3.22. The molecule has 1 aromatic carbocycles. The van der Waals surface area contributed by atoms with Gasteiger partial charge in [0.2, 0.25) is 15.9 Å². The monoisotopic (exact) mass is 340 g/mol. The van der Waals surface area contributed by atoms with E-state index >= 15 is 0 Å². The topological polar surface area (TPSA) is 57.7 Å². The second-order valence-electron chi connectivity index (χ2n) is 5.90. The Balaban J connectivity index is 1.85. The summed E-state index contributed by atoms with van der Waals surface area (Å²) in [6, 6.07) is 6.50. The van der Waals surface area contributed by atoms with E-state index in [4.69, 9.17) is 0 Å². The predicted octanol–water partition coefficient (Wildman–Crippen LogP) is 1.68. The molecule has 1 atom stereocenters. The molecule has 0 bridgehead atoms. The third-order valence-corrected chi connectivity index (χ3v) is 7.24. The first-order chi connectivity index (χ1) is 10.4. The number of carbonyl (C=O) groups excluding carboxylic acids is 1. The number of nitrogens with zero attached hydrogens (tertiary/aromatic N) is 2. The lowest BCUT2D eigenvalue weighted by molar-refractivity contribution is -0.133. The summed E-state index contributed by atoms with van der Waals surface area (Å²) in [6.07, 6.45) is 2.04. The third-order valence-electron chi connectivity index (χ3n) is 4.20. The van der Waals surface area contributed by atoms with Crippen molar-refractivity contribution >= 4 is 27.7 Å². The highest BCUT2D eigenvalue weighted by Gasteiger charge is 2.43. The molecule has 120 valence electrons. The number of carbonyl (C=O) groups is 1. The number of benzene rings is 1. The van der Waals surface area contributed by atoms with E-state index in [0.717, 1.165) is 18.4 Å². The van der Waals surface area contributed by atoms with Crippen molar-refractivity contribution in [3.63, 3.8) is 0 Å². The molecular formula is C15H20N2O3S2. The molecule has 1 aromatic rings. The number of thioether (sulfide) groups is 1. The van der Waals surface area contributed by atoms with E-state index in [9.17, 15) is 13.2 Å². The Morgan fingerprint density at radius 1 is 1.27 bits per heavy atom. The number of aryl methyl sites for hydroxylation is 1. The van der Waals surface area contributed by atoms with Crippen molar-refractivity contribution < 1.29 is 13.2 Å². The normalized spacial score (nSPS) is 22.7. The van der Waals surface area contributed by atoms with Gasteiger partial charge in [0, 0.05) is 18.8 Å². The lowest BCUT2D eigenvalue weighted by atomic mass is 10.2. The summed E-state index contributed by atoms with van der Waals surface area (Å²) in [4.78, 5) is 14.5. The van der Waals surface area contributed by atoms with Crippen molar-refractivity contribution in [3.05, 3.63) is 29.8 Å². The lowest BCUT2D eigenvalue weighted by Crippen LogP contribution is -2.48. The number of hydrogen-bond acceptors (Lipinski definition) is 4. The number of sulfonamides is 1. The van der Waals surface area contributed by atoms with Gasteiger partial charge in [-0.3, -0.25) is 4.79 Å². The molecule has 2 aliphatic rings. The standard InChI is InChI=1S/C15H20N2O3S2/c1-11-3-7-13(8-4-11)22(19,20)17-10-21-9-14(17)15(18)16(2)12-5-6-12/h3-4,7-8,12,14H,5-6,9-10H2,1-2H3/t14-/m0/s1. The van der Waals surface area contributed by atoms with Crippen LogP contribution in [0.5, 0.6) is 0 Å². The molecule has 0 N–H and O–H groups in total. The van der Waals surface area contributed by atoms with Gasteiger partial charge in [0.25, 0.3) is 0 Å². The summed E-state index contributed by atoms with van der Waals surface area (Å²) in [5.41, 5.74) is 1.01. The minimum Gasteiger partial charge on any atom is -0.341 e. The van der Waals surface area contributed by atoms with Gasteiger partial charge in [-0.2, -0.15) is 4.31 Å². The fraction of sp³-hybridized carbons (Fsp3) is 0.533. The van der Waals surface area contributed by atoms with Crippen LogP contribution >= 0.6 is 11.8 Å². The molecule has 3 rings (SSSR count).